The van der Waals surface area contributed by atoms with Gasteiger partial charge in [-0.1, -0.05) is 30.3 Å². The normalized spacial score (nSPS) is 15.4. The number of benzene rings is 2. The summed E-state index contributed by atoms with van der Waals surface area (Å²) in [6.07, 6.45) is 2.11. The van der Waals surface area contributed by atoms with Crippen molar-refractivity contribution in [1.82, 2.24) is 4.90 Å². The molecule has 1 fully saturated rings. The molecular formula is C20H24FNO2. The molecule has 1 saturated heterocycles. The summed E-state index contributed by atoms with van der Waals surface area (Å²) in [6, 6.07) is 14.6. The van der Waals surface area contributed by atoms with Crippen LogP contribution in [0.3, 0.4) is 0 Å². The molecule has 0 N–H and O–H groups in total. The van der Waals surface area contributed by atoms with E-state index in [2.05, 4.69) is 17.0 Å². The summed E-state index contributed by atoms with van der Waals surface area (Å²) in [4.78, 5) is 2.45. The molecule has 3 rings (SSSR count). The fourth-order valence-electron chi connectivity index (χ4n) is 2.91. The van der Waals surface area contributed by atoms with E-state index >= 15 is 0 Å². The lowest BCUT2D eigenvalue weighted by Crippen LogP contribution is -2.36. The lowest BCUT2D eigenvalue weighted by molar-refractivity contribution is 0.0374. The zero-order chi connectivity index (χ0) is 16.6. The van der Waals surface area contributed by atoms with Gasteiger partial charge in [-0.2, -0.15) is 0 Å². The standard InChI is InChI=1S/C20H24FNO2/c21-19-9-7-17(8-10-19)16-24-20-6-2-1-4-18(20)5-3-11-22-12-14-23-15-13-22/h1-2,4,6-10H,3,5,11-16H2. The predicted octanol–water partition coefficient (Wildman–Crippen LogP) is 3.67. The van der Waals surface area contributed by atoms with Crippen LogP contribution in [0.4, 0.5) is 4.39 Å². The molecule has 128 valence electrons. The fourth-order valence-corrected chi connectivity index (χ4v) is 2.91. The minimum atomic E-state index is -0.220. The van der Waals surface area contributed by atoms with Crippen molar-refractivity contribution in [2.24, 2.45) is 0 Å². The lowest BCUT2D eigenvalue weighted by Gasteiger charge is -2.26. The van der Waals surface area contributed by atoms with Crippen LogP contribution in [0.2, 0.25) is 0 Å². The summed E-state index contributed by atoms with van der Waals surface area (Å²) in [7, 11) is 0. The maximum atomic E-state index is 13.0. The first-order chi connectivity index (χ1) is 11.8. The number of para-hydroxylation sites is 1. The molecule has 0 spiro atoms. The third kappa shape index (κ3) is 5.05. The van der Waals surface area contributed by atoms with Crippen molar-refractivity contribution < 1.29 is 13.9 Å². The Hall–Kier alpha value is -1.91. The Balaban J connectivity index is 1.51. The summed E-state index contributed by atoms with van der Waals surface area (Å²) in [5, 5.41) is 0. The van der Waals surface area contributed by atoms with Crippen molar-refractivity contribution in [3.05, 3.63) is 65.5 Å². The molecule has 4 heteroatoms. The van der Waals surface area contributed by atoms with Crippen LogP contribution >= 0.6 is 0 Å². The number of aryl methyl sites for hydroxylation is 1. The Morgan fingerprint density at radius 1 is 1.00 bits per heavy atom. The maximum absolute atomic E-state index is 13.0. The van der Waals surface area contributed by atoms with E-state index in [-0.39, 0.29) is 5.82 Å². The molecule has 3 nitrogen and oxygen atoms in total. The van der Waals surface area contributed by atoms with E-state index in [0.29, 0.717) is 6.61 Å². The molecule has 0 saturated carbocycles. The summed E-state index contributed by atoms with van der Waals surface area (Å²) in [5.41, 5.74) is 2.20. The monoisotopic (exact) mass is 329 g/mol. The molecule has 1 aliphatic heterocycles. The summed E-state index contributed by atoms with van der Waals surface area (Å²) in [6.45, 7) is 5.30. The third-order valence-electron chi connectivity index (χ3n) is 4.30. The van der Waals surface area contributed by atoms with Gasteiger partial charge in [-0.05, 0) is 48.7 Å². The fraction of sp³-hybridized carbons (Fsp3) is 0.400. The zero-order valence-electron chi connectivity index (χ0n) is 13.9. The number of hydrogen-bond acceptors (Lipinski definition) is 3. The molecule has 0 radical (unpaired) electrons. The second kappa shape index (κ2) is 8.81. The molecule has 0 amide bonds. The number of rotatable bonds is 7. The highest BCUT2D eigenvalue weighted by Gasteiger charge is 2.10. The van der Waals surface area contributed by atoms with Gasteiger partial charge in [0, 0.05) is 13.1 Å². The van der Waals surface area contributed by atoms with Gasteiger partial charge in [-0.3, -0.25) is 4.90 Å². The molecule has 0 bridgehead atoms. The minimum absolute atomic E-state index is 0.220. The SMILES string of the molecule is Fc1ccc(COc2ccccc2CCCN2CCOCC2)cc1. The molecule has 2 aromatic carbocycles. The van der Waals surface area contributed by atoms with Crippen LogP contribution in [0, 0.1) is 5.82 Å². The molecule has 1 aliphatic rings. The van der Waals surface area contributed by atoms with Crippen molar-refractivity contribution in [2.75, 3.05) is 32.8 Å². The van der Waals surface area contributed by atoms with E-state index in [1.165, 1.54) is 17.7 Å². The van der Waals surface area contributed by atoms with Gasteiger partial charge in [-0.25, -0.2) is 4.39 Å². The number of morpholine rings is 1. The highest BCUT2D eigenvalue weighted by Crippen LogP contribution is 2.21. The second-order valence-corrected chi connectivity index (χ2v) is 6.08. The van der Waals surface area contributed by atoms with Gasteiger partial charge in [0.05, 0.1) is 13.2 Å². The quantitative estimate of drug-likeness (QED) is 0.774. The van der Waals surface area contributed by atoms with E-state index in [0.717, 1.165) is 57.0 Å². The lowest BCUT2D eigenvalue weighted by atomic mass is 10.1. The van der Waals surface area contributed by atoms with Gasteiger partial charge in [0.1, 0.15) is 18.2 Å². The molecule has 0 aromatic heterocycles. The summed E-state index contributed by atoms with van der Waals surface area (Å²) < 4.78 is 24.3. The molecule has 0 aliphatic carbocycles. The Labute approximate surface area is 143 Å². The number of halogens is 1. The molecule has 2 aromatic rings. The largest absolute Gasteiger partial charge is 0.489 e. The molecule has 24 heavy (non-hydrogen) atoms. The Bertz CT molecular complexity index is 624. The van der Waals surface area contributed by atoms with Gasteiger partial charge in [-0.15, -0.1) is 0 Å². The first kappa shape index (κ1) is 16.9. The smallest absolute Gasteiger partial charge is 0.123 e. The van der Waals surface area contributed by atoms with Gasteiger partial charge >= 0.3 is 0 Å². The van der Waals surface area contributed by atoms with E-state index in [4.69, 9.17) is 9.47 Å². The Morgan fingerprint density at radius 3 is 2.54 bits per heavy atom. The van der Waals surface area contributed by atoms with E-state index in [9.17, 15) is 4.39 Å². The van der Waals surface area contributed by atoms with Gasteiger partial charge in [0.25, 0.3) is 0 Å². The van der Waals surface area contributed by atoms with Crippen molar-refractivity contribution >= 4 is 0 Å². The van der Waals surface area contributed by atoms with E-state index in [1.807, 2.05) is 12.1 Å². The van der Waals surface area contributed by atoms with Crippen LogP contribution in [0.5, 0.6) is 5.75 Å². The molecular weight excluding hydrogens is 305 g/mol. The van der Waals surface area contributed by atoms with Crippen LogP contribution in [0.25, 0.3) is 0 Å². The zero-order valence-corrected chi connectivity index (χ0v) is 13.9. The van der Waals surface area contributed by atoms with Crippen molar-refractivity contribution in [1.29, 1.82) is 0 Å². The van der Waals surface area contributed by atoms with Crippen LogP contribution in [-0.4, -0.2) is 37.7 Å². The highest BCUT2D eigenvalue weighted by molar-refractivity contribution is 5.33. The average Bonchev–Trinajstić information content (AvgIpc) is 2.63. The maximum Gasteiger partial charge on any atom is 0.123 e. The van der Waals surface area contributed by atoms with Crippen molar-refractivity contribution in [3.8, 4) is 5.75 Å². The predicted molar refractivity (Wildman–Crippen MR) is 92.8 cm³/mol. The van der Waals surface area contributed by atoms with Crippen LogP contribution in [0.15, 0.2) is 48.5 Å². The first-order valence-electron chi connectivity index (χ1n) is 8.56. The second-order valence-electron chi connectivity index (χ2n) is 6.08. The van der Waals surface area contributed by atoms with Gasteiger partial charge in [0.15, 0.2) is 0 Å². The van der Waals surface area contributed by atoms with Crippen LogP contribution in [0.1, 0.15) is 17.5 Å². The van der Waals surface area contributed by atoms with Crippen molar-refractivity contribution in [2.45, 2.75) is 19.4 Å². The number of ether oxygens (including phenoxy) is 2. The number of nitrogens with zero attached hydrogens (tertiary/aromatic N) is 1. The first-order valence-corrected chi connectivity index (χ1v) is 8.56. The van der Waals surface area contributed by atoms with E-state index < -0.39 is 0 Å². The number of hydrogen-bond donors (Lipinski definition) is 0. The molecule has 0 unspecified atom stereocenters. The molecule has 0 atom stereocenters. The van der Waals surface area contributed by atoms with Gasteiger partial charge in [0.2, 0.25) is 0 Å². The topological polar surface area (TPSA) is 21.7 Å². The average molecular weight is 329 g/mol. The van der Waals surface area contributed by atoms with Crippen molar-refractivity contribution in [3.63, 3.8) is 0 Å². The highest BCUT2D eigenvalue weighted by atomic mass is 19.1. The Morgan fingerprint density at radius 2 is 1.75 bits per heavy atom. The summed E-state index contributed by atoms with van der Waals surface area (Å²) in [5.74, 6) is 0.700. The van der Waals surface area contributed by atoms with Crippen LogP contribution in [-0.2, 0) is 17.8 Å². The Kier molecular flexibility index (Phi) is 6.21. The molecule has 1 heterocycles. The van der Waals surface area contributed by atoms with E-state index in [1.54, 1.807) is 12.1 Å². The van der Waals surface area contributed by atoms with Crippen LogP contribution < -0.4 is 4.74 Å². The summed E-state index contributed by atoms with van der Waals surface area (Å²) >= 11 is 0. The minimum Gasteiger partial charge on any atom is -0.489 e. The third-order valence-corrected chi connectivity index (χ3v) is 4.30. The van der Waals surface area contributed by atoms with Gasteiger partial charge < -0.3 is 9.47 Å².